The summed E-state index contributed by atoms with van der Waals surface area (Å²) >= 11 is 0. The lowest BCUT2D eigenvalue weighted by Gasteiger charge is -2.22. The molecule has 98 valence electrons. The maximum Gasteiger partial charge on any atom is 0.408 e. The van der Waals surface area contributed by atoms with Gasteiger partial charge in [-0.25, -0.2) is 9.59 Å². The lowest BCUT2D eigenvalue weighted by Crippen LogP contribution is -2.44. The molecule has 0 unspecified atom stereocenters. The number of hydrogen-bond acceptors (Lipinski definition) is 4. The fourth-order valence-electron chi connectivity index (χ4n) is 1.21. The standard InChI is InChI=1S/C12H21NO4/c1-5-9(10(14)16-8-6-7-8)13-11(15)17-12(2,3)4/h8-9H,5-7H2,1-4H3,(H,13,15)/t9-/m0/s1. The van der Waals surface area contributed by atoms with Crippen LogP contribution in [0.4, 0.5) is 4.79 Å². The molecule has 0 saturated heterocycles. The number of rotatable bonds is 4. The second-order valence-electron chi connectivity index (χ2n) is 5.24. The van der Waals surface area contributed by atoms with E-state index in [2.05, 4.69) is 5.32 Å². The van der Waals surface area contributed by atoms with E-state index in [4.69, 9.17) is 9.47 Å². The second kappa shape index (κ2) is 5.38. The molecule has 5 heteroatoms. The first-order valence-corrected chi connectivity index (χ1v) is 6.02. The van der Waals surface area contributed by atoms with Crippen LogP contribution in [0.5, 0.6) is 0 Å². The lowest BCUT2D eigenvalue weighted by molar-refractivity contribution is -0.147. The van der Waals surface area contributed by atoms with Gasteiger partial charge >= 0.3 is 12.1 Å². The number of nitrogens with one attached hydrogen (secondary N) is 1. The van der Waals surface area contributed by atoms with E-state index in [-0.39, 0.29) is 12.1 Å². The van der Waals surface area contributed by atoms with E-state index in [9.17, 15) is 9.59 Å². The molecule has 0 bridgehead atoms. The quantitative estimate of drug-likeness (QED) is 0.767. The minimum atomic E-state index is -0.620. The molecule has 1 saturated carbocycles. The van der Waals surface area contributed by atoms with Crippen molar-refractivity contribution in [2.75, 3.05) is 0 Å². The first kappa shape index (κ1) is 13.8. The summed E-state index contributed by atoms with van der Waals surface area (Å²) in [5, 5.41) is 2.52. The molecule has 5 nitrogen and oxygen atoms in total. The molecule has 1 aliphatic carbocycles. The Bertz CT molecular complexity index is 291. The number of amides is 1. The van der Waals surface area contributed by atoms with Gasteiger partial charge in [-0.2, -0.15) is 0 Å². The van der Waals surface area contributed by atoms with Crippen LogP contribution in [-0.2, 0) is 14.3 Å². The monoisotopic (exact) mass is 243 g/mol. The zero-order chi connectivity index (χ0) is 13.1. The van der Waals surface area contributed by atoms with Crippen LogP contribution in [0.15, 0.2) is 0 Å². The van der Waals surface area contributed by atoms with Crippen molar-refractivity contribution in [3.8, 4) is 0 Å². The summed E-state index contributed by atoms with van der Waals surface area (Å²) in [7, 11) is 0. The Hall–Kier alpha value is -1.26. The molecule has 0 aromatic heterocycles. The van der Waals surface area contributed by atoms with Crippen molar-refractivity contribution in [2.45, 2.75) is 64.7 Å². The average molecular weight is 243 g/mol. The molecule has 0 radical (unpaired) electrons. The van der Waals surface area contributed by atoms with Gasteiger partial charge in [0.1, 0.15) is 17.7 Å². The number of carbonyl (C=O) groups excluding carboxylic acids is 2. The average Bonchev–Trinajstić information content (AvgIpc) is 2.94. The largest absolute Gasteiger partial charge is 0.461 e. The Balaban J connectivity index is 2.39. The van der Waals surface area contributed by atoms with Crippen molar-refractivity contribution >= 4 is 12.1 Å². The van der Waals surface area contributed by atoms with Crippen LogP contribution < -0.4 is 5.32 Å². The summed E-state index contributed by atoms with van der Waals surface area (Å²) in [6.07, 6.45) is 1.81. The Morgan fingerprint density at radius 2 is 1.94 bits per heavy atom. The molecule has 1 atom stereocenters. The van der Waals surface area contributed by atoms with Gasteiger partial charge in [-0.15, -0.1) is 0 Å². The van der Waals surface area contributed by atoms with Crippen LogP contribution in [0.1, 0.15) is 47.0 Å². The number of esters is 1. The van der Waals surface area contributed by atoms with Crippen LogP contribution in [0, 0.1) is 0 Å². The highest BCUT2D eigenvalue weighted by Crippen LogP contribution is 2.24. The van der Waals surface area contributed by atoms with Gasteiger partial charge in [-0.3, -0.25) is 0 Å². The molecule has 0 heterocycles. The fraction of sp³-hybridized carbons (Fsp3) is 0.833. The third-order valence-electron chi connectivity index (χ3n) is 2.19. The molecule has 0 aromatic carbocycles. The van der Waals surface area contributed by atoms with Gasteiger partial charge in [0, 0.05) is 0 Å². The van der Waals surface area contributed by atoms with Crippen molar-refractivity contribution in [1.29, 1.82) is 0 Å². The maximum absolute atomic E-state index is 11.6. The molecule has 17 heavy (non-hydrogen) atoms. The number of carbonyl (C=O) groups is 2. The Morgan fingerprint density at radius 1 is 1.35 bits per heavy atom. The molecule has 1 N–H and O–H groups in total. The van der Waals surface area contributed by atoms with E-state index in [1.165, 1.54) is 0 Å². The smallest absolute Gasteiger partial charge is 0.408 e. The fourth-order valence-corrected chi connectivity index (χ4v) is 1.21. The van der Waals surface area contributed by atoms with Gasteiger partial charge in [0.25, 0.3) is 0 Å². The summed E-state index contributed by atoms with van der Waals surface area (Å²) in [6, 6.07) is -0.620. The third kappa shape index (κ3) is 5.56. The summed E-state index contributed by atoms with van der Waals surface area (Å²) in [5.74, 6) is -0.374. The summed E-state index contributed by atoms with van der Waals surface area (Å²) in [4.78, 5) is 23.1. The number of hydrogen-bond donors (Lipinski definition) is 1. The Kier molecular flexibility index (Phi) is 4.37. The highest BCUT2D eigenvalue weighted by molar-refractivity contribution is 5.81. The number of alkyl carbamates (subject to hydrolysis) is 1. The van der Waals surface area contributed by atoms with Gasteiger partial charge in [-0.1, -0.05) is 6.92 Å². The maximum atomic E-state index is 11.6. The molecular weight excluding hydrogens is 222 g/mol. The minimum Gasteiger partial charge on any atom is -0.461 e. The zero-order valence-corrected chi connectivity index (χ0v) is 10.9. The normalized spacial score (nSPS) is 17.2. The molecule has 0 aliphatic heterocycles. The van der Waals surface area contributed by atoms with Crippen LogP contribution in [-0.4, -0.2) is 29.8 Å². The van der Waals surface area contributed by atoms with Gasteiger partial charge in [0.2, 0.25) is 0 Å². The third-order valence-corrected chi connectivity index (χ3v) is 2.19. The minimum absolute atomic E-state index is 0.0528. The SMILES string of the molecule is CC[C@H](NC(=O)OC(C)(C)C)C(=O)OC1CC1. The Morgan fingerprint density at radius 3 is 2.35 bits per heavy atom. The summed E-state index contributed by atoms with van der Waals surface area (Å²) in [6.45, 7) is 7.14. The topological polar surface area (TPSA) is 64.6 Å². The van der Waals surface area contributed by atoms with Crippen LogP contribution in [0.3, 0.4) is 0 Å². The molecule has 0 spiro atoms. The van der Waals surface area contributed by atoms with Crippen molar-refractivity contribution in [3.63, 3.8) is 0 Å². The van der Waals surface area contributed by atoms with Crippen LogP contribution in [0.2, 0.25) is 0 Å². The zero-order valence-electron chi connectivity index (χ0n) is 10.9. The molecular formula is C12H21NO4. The van der Waals surface area contributed by atoms with Gasteiger partial charge < -0.3 is 14.8 Å². The van der Waals surface area contributed by atoms with E-state index < -0.39 is 17.7 Å². The van der Waals surface area contributed by atoms with E-state index in [1.807, 2.05) is 6.92 Å². The summed E-state index contributed by atoms with van der Waals surface area (Å²) < 4.78 is 10.2. The van der Waals surface area contributed by atoms with Gasteiger partial charge in [-0.05, 0) is 40.0 Å². The van der Waals surface area contributed by atoms with E-state index in [0.717, 1.165) is 12.8 Å². The molecule has 1 rings (SSSR count). The van der Waals surface area contributed by atoms with Crippen molar-refractivity contribution in [1.82, 2.24) is 5.32 Å². The van der Waals surface area contributed by atoms with E-state index >= 15 is 0 Å². The van der Waals surface area contributed by atoms with Gasteiger partial charge in [0.05, 0.1) is 0 Å². The van der Waals surface area contributed by atoms with Crippen LogP contribution in [0.25, 0.3) is 0 Å². The molecule has 0 aromatic rings. The van der Waals surface area contributed by atoms with E-state index in [1.54, 1.807) is 20.8 Å². The highest BCUT2D eigenvalue weighted by Gasteiger charge is 2.30. The predicted molar refractivity (Wildman–Crippen MR) is 62.6 cm³/mol. The molecule has 1 amide bonds. The number of ether oxygens (including phenoxy) is 2. The highest BCUT2D eigenvalue weighted by atomic mass is 16.6. The van der Waals surface area contributed by atoms with Gasteiger partial charge in [0.15, 0.2) is 0 Å². The molecule has 1 fully saturated rings. The van der Waals surface area contributed by atoms with Crippen molar-refractivity contribution in [2.24, 2.45) is 0 Å². The van der Waals surface area contributed by atoms with Crippen molar-refractivity contribution in [3.05, 3.63) is 0 Å². The lowest BCUT2D eigenvalue weighted by atomic mass is 10.2. The molecule has 1 aliphatic rings. The first-order valence-electron chi connectivity index (χ1n) is 6.02. The first-order chi connectivity index (χ1) is 7.81. The summed E-state index contributed by atoms with van der Waals surface area (Å²) in [5.41, 5.74) is -0.567. The van der Waals surface area contributed by atoms with Crippen LogP contribution >= 0.6 is 0 Å². The Labute approximate surface area is 102 Å². The second-order valence-corrected chi connectivity index (χ2v) is 5.24. The van der Waals surface area contributed by atoms with Crippen molar-refractivity contribution < 1.29 is 19.1 Å². The predicted octanol–water partition coefficient (Wildman–Crippen LogP) is 2.00. The van der Waals surface area contributed by atoms with E-state index in [0.29, 0.717) is 6.42 Å².